The van der Waals surface area contributed by atoms with E-state index in [1.807, 2.05) is 6.92 Å². The zero-order valence-electron chi connectivity index (χ0n) is 8.77. The Hall–Kier alpha value is -1.56. The molecule has 1 unspecified atom stereocenters. The Balaban J connectivity index is 2.50. The van der Waals surface area contributed by atoms with Gasteiger partial charge in [0.05, 0.1) is 6.10 Å². The van der Waals surface area contributed by atoms with E-state index < -0.39 is 0 Å². The predicted octanol–water partition coefficient (Wildman–Crippen LogP) is 0.214. The van der Waals surface area contributed by atoms with Crippen molar-refractivity contribution in [3.05, 3.63) is 6.07 Å². The van der Waals surface area contributed by atoms with Crippen LogP contribution < -0.4 is 16.8 Å². The van der Waals surface area contributed by atoms with Crippen molar-refractivity contribution in [1.29, 1.82) is 0 Å². The van der Waals surface area contributed by atoms with Gasteiger partial charge in [-0.1, -0.05) is 13.3 Å². The van der Waals surface area contributed by atoms with Gasteiger partial charge in [0, 0.05) is 12.6 Å². The summed E-state index contributed by atoms with van der Waals surface area (Å²) in [6.45, 7) is 2.45. The standard InChI is InChI=1S/C9H17N5O/c1-2-3-6(15)5-12-8-4-7(10)13-9(11)14-8/h4,6,15H,2-3,5H2,1H3,(H5,10,11,12,13,14). The van der Waals surface area contributed by atoms with Crippen LogP contribution in [0.1, 0.15) is 19.8 Å². The number of nitrogens with one attached hydrogen (secondary N) is 1. The first kappa shape index (κ1) is 11.5. The van der Waals surface area contributed by atoms with E-state index in [0.29, 0.717) is 18.2 Å². The van der Waals surface area contributed by atoms with Crippen molar-refractivity contribution in [3.63, 3.8) is 0 Å². The van der Waals surface area contributed by atoms with E-state index in [1.54, 1.807) is 6.07 Å². The summed E-state index contributed by atoms with van der Waals surface area (Å²) in [6.07, 6.45) is 1.31. The Morgan fingerprint density at radius 3 is 2.80 bits per heavy atom. The maximum atomic E-state index is 9.48. The highest BCUT2D eigenvalue weighted by Crippen LogP contribution is 2.09. The molecular formula is C9H17N5O. The zero-order valence-corrected chi connectivity index (χ0v) is 8.77. The first-order valence-electron chi connectivity index (χ1n) is 4.93. The van der Waals surface area contributed by atoms with Crippen LogP contribution in [-0.2, 0) is 0 Å². The SMILES string of the molecule is CCCC(O)CNc1cc(N)nc(N)n1. The second-order valence-corrected chi connectivity index (χ2v) is 3.36. The Morgan fingerprint density at radius 2 is 2.20 bits per heavy atom. The van der Waals surface area contributed by atoms with E-state index in [2.05, 4.69) is 15.3 Å². The molecule has 0 aliphatic heterocycles. The van der Waals surface area contributed by atoms with Crippen molar-refractivity contribution in [2.45, 2.75) is 25.9 Å². The lowest BCUT2D eigenvalue weighted by Gasteiger charge is -2.11. The van der Waals surface area contributed by atoms with Crippen molar-refractivity contribution in [2.75, 3.05) is 23.3 Å². The topological polar surface area (TPSA) is 110 Å². The van der Waals surface area contributed by atoms with E-state index in [0.717, 1.165) is 12.8 Å². The third kappa shape index (κ3) is 3.99. The summed E-state index contributed by atoms with van der Waals surface area (Å²) in [5.41, 5.74) is 10.9. The highest BCUT2D eigenvalue weighted by atomic mass is 16.3. The van der Waals surface area contributed by atoms with E-state index in [9.17, 15) is 5.11 Å². The Kier molecular flexibility index (Phi) is 4.11. The summed E-state index contributed by atoms with van der Waals surface area (Å²) in [6, 6.07) is 1.58. The fourth-order valence-electron chi connectivity index (χ4n) is 1.23. The molecule has 0 fully saturated rings. The quantitative estimate of drug-likeness (QED) is 0.554. The second-order valence-electron chi connectivity index (χ2n) is 3.36. The van der Waals surface area contributed by atoms with Crippen molar-refractivity contribution in [2.24, 2.45) is 0 Å². The molecule has 6 nitrogen and oxygen atoms in total. The van der Waals surface area contributed by atoms with E-state index in [4.69, 9.17) is 11.5 Å². The molecule has 1 heterocycles. The number of aliphatic hydroxyl groups excluding tert-OH is 1. The van der Waals surface area contributed by atoms with Crippen LogP contribution in [0.4, 0.5) is 17.6 Å². The fourth-order valence-corrected chi connectivity index (χ4v) is 1.23. The van der Waals surface area contributed by atoms with Gasteiger partial charge in [-0.2, -0.15) is 9.97 Å². The van der Waals surface area contributed by atoms with Crippen LogP contribution in [-0.4, -0.2) is 27.7 Å². The number of hydrogen-bond donors (Lipinski definition) is 4. The van der Waals surface area contributed by atoms with E-state index in [-0.39, 0.29) is 12.1 Å². The highest BCUT2D eigenvalue weighted by Gasteiger charge is 2.04. The Labute approximate surface area is 88.7 Å². The molecule has 0 amide bonds. The number of anilines is 3. The van der Waals surface area contributed by atoms with Gasteiger partial charge in [-0.05, 0) is 6.42 Å². The summed E-state index contributed by atoms with van der Waals surface area (Å²) >= 11 is 0. The van der Waals surface area contributed by atoms with Crippen LogP contribution in [0.2, 0.25) is 0 Å². The average Bonchev–Trinajstić information content (AvgIpc) is 2.14. The summed E-state index contributed by atoms with van der Waals surface area (Å²) in [5, 5.41) is 12.4. The zero-order chi connectivity index (χ0) is 11.3. The minimum absolute atomic E-state index is 0.127. The monoisotopic (exact) mass is 211 g/mol. The molecule has 1 atom stereocenters. The number of nitrogen functional groups attached to an aromatic ring is 2. The van der Waals surface area contributed by atoms with Gasteiger partial charge < -0.3 is 21.9 Å². The van der Waals surface area contributed by atoms with Gasteiger partial charge >= 0.3 is 0 Å². The summed E-state index contributed by atoms with van der Waals surface area (Å²) < 4.78 is 0. The van der Waals surface area contributed by atoms with Crippen molar-refractivity contribution >= 4 is 17.6 Å². The molecule has 0 radical (unpaired) electrons. The highest BCUT2D eigenvalue weighted by molar-refractivity contribution is 5.48. The third-order valence-electron chi connectivity index (χ3n) is 1.90. The second kappa shape index (κ2) is 5.35. The lowest BCUT2D eigenvalue weighted by molar-refractivity contribution is 0.176. The van der Waals surface area contributed by atoms with Gasteiger partial charge in [-0.15, -0.1) is 0 Å². The molecule has 84 valence electrons. The van der Waals surface area contributed by atoms with Gasteiger partial charge in [0.1, 0.15) is 11.6 Å². The lowest BCUT2D eigenvalue weighted by Crippen LogP contribution is -2.20. The van der Waals surface area contributed by atoms with Crippen LogP contribution in [0.15, 0.2) is 6.07 Å². The predicted molar refractivity (Wildman–Crippen MR) is 60.3 cm³/mol. The number of hydrogen-bond acceptors (Lipinski definition) is 6. The molecule has 1 aromatic heterocycles. The van der Waals surface area contributed by atoms with Crippen molar-refractivity contribution < 1.29 is 5.11 Å². The first-order chi connectivity index (χ1) is 7.11. The Bertz CT molecular complexity index is 297. The first-order valence-corrected chi connectivity index (χ1v) is 4.93. The number of rotatable bonds is 5. The minimum Gasteiger partial charge on any atom is -0.391 e. The van der Waals surface area contributed by atoms with Crippen molar-refractivity contribution in [3.8, 4) is 0 Å². The third-order valence-corrected chi connectivity index (χ3v) is 1.90. The largest absolute Gasteiger partial charge is 0.391 e. The van der Waals surface area contributed by atoms with Gasteiger partial charge in [0.25, 0.3) is 0 Å². The molecule has 0 spiro atoms. The molecule has 6 N–H and O–H groups in total. The van der Waals surface area contributed by atoms with Crippen LogP contribution in [0.3, 0.4) is 0 Å². The number of aliphatic hydroxyl groups is 1. The van der Waals surface area contributed by atoms with Gasteiger partial charge in [0.2, 0.25) is 5.95 Å². The lowest BCUT2D eigenvalue weighted by atomic mass is 10.2. The maximum Gasteiger partial charge on any atom is 0.223 e. The molecular weight excluding hydrogens is 194 g/mol. The molecule has 15 heavy (non-hydrogen) atoms. The smallest absolute Gasteiger partial charge is 0.223 e. The molecule has 0 bridgehead atoms. The number of nitrogens with zero attached hydrogens (tertiary/aromatic N) is 2. The van der Waals surface area contributed by atoms with Gasteiger partial charge in [-0.25, -0.2) is 0 Å². The molecule has 0 aromatic carbocycles. The minimum atomic E-state index is -0.382. The van der Waals surface area contributed by atoms with Crippen LogP contribution in [0.5, 0.6) is 0 Å². The van der Waals surface area contributed by atoms with E-state index >= 15 is 0 Å². The van der Waals surface area contributed by atoms with Crippen LogP contribution in [0, 0.1) is 0 Å². The van der Waals surface area contributed by atoms with Crippen LogP contribution >= 0.6 is 0 Å². The maximum absolute atomic E-state index is 9.48. The summed E-state index contributed by atoms with van der Waals surface area (Å²) in [7, 11) is 0. The summed E-state index contributed by atoms with van der Waals surface area (Å²) in [4.78, 5) is 7.67. The van der Waals surface area contributed by atoms with Crippen LogP contribution in [0.25, 0.3) is 0 Å². The van der Waals surface area contributed by atoms with E-state index in [1.165, 1.54) is 0 Å². The molecule has 1 rings (SSSR count). The van der Waals surface area contributed by atoms with Gasteiger partial charge in [-0.3, -0.25) is 0 Å². The Morgan fingerprint density at radius 1 is 1.47 bits per heavy atom. The molecule has 6 heteroatoms. The molecule has 1 aromatic rings. The summed E-state index contributed by atoms with van der Waals surface area (Å²) in [5.74, 6) is 0.979. The molecule has 0 aliphatic carbocycles. The normalized spacial score (nSPS) is 12.4. The van der Waals surface area contributed by atoms with Crippen molar-refractivity contribution in [1.82, 2.24) is 9.97 Å². The number of aromatic nitrogens is 2. The molecule has 0 aliphatic rings. The number of nitrogens with two attached hydrogens (primary N) is 2. The fraction of sp³-hybridized carbons (Fsp3) is 0.556. The molecule has 0 saturated heterocycles. The van der Waals surface area contributed by atoms with Gasteiger partial charge in [0.15, 0.2) is 0 Å². The molecule has 0 saturated carbocycles. The average molecular weight is 211 g/mol.